The molecule has 0 radical (unpaired) electrons. The van der Waals surface area contributed by atoms with Gasteiger partial charge in [-0.2, -0.15) is 0 Å². The van der Waals surface area contributed by atoms with E-state index in [4.69, 9.17) is 16.3 Å². The lowest BCUT2D eigenvalue weighted by atomic mass is 10.2. The molecule has 2 nitrogen and oxygen atoms in total. The van der Waals surface area contributed by atoms with Gasteiger partial charge in [-0.25, -0.2) is 4.39 Å². The van der Waals surface area contributed by atoms with Gasteiger partial charge in [-0.05, 0) is 18.6 Å². The first-order valence-corrected chi connectivity index (χ1v) is 5.17. The molecule has 0 aliphatic heterocycles. The van der Waals surface area contributed by atoms with Gasteiger partial charge in [0.1, 0.15) is 11.6 Å². The van der Waals surface area contributed by atoms with Gasteiger partial charge in [0.2, 0.25) is 0 Å². The Bertz CT molecular complexity index is 352. The number of ether oxygens (including phenoxy) is 1. The lowest BCUT2D eigenvalue weighted by molar-refractivity contribution is -0.134. The molecule has 0 bridgehead atoms. The summed E-state index contributed by atoms with van der Waals surface area (Å²) in [6.07, 6.45) is 2.04. The number of carbonyl (C=O) groups is 1. The summed E-state index contributed by atoms with van der Waals surface area (Å²) in [5, 5.41) is 0.0170. The fourth-order valence-corrected chi connectivity index (χ4v) is 1.16. The van der Waals surface area contributed by atoms with E-state index in [9.17, 15) is 9.18 Å². The van der Waals surface area contributed by atoms with E-state index in [0.29, 0.717) is 6.42 Å². The summed E-state index contributed by atoms with van der Waals surface area (Å²) in [5.74, 6) is -0.742. The van der Waals surface area contributed by atoms with Gasteiger partial charge in [0.15, 0.2) is 0 Å². The molecule has 0 aliphatic rings. The Hall–Kier alpha value is -1.09. The predicted molar refractivity (Wildman–Crippen MR) is 56.6 cm³/mol. The molecule has 0 aromatic heterocycles. The Balaban J connectivity index is 2.57. The zero-order chi connectivity index (χ0) is 11.3. The van der Waals surface area contributed by atoms with Crippen molar-refractivity contribution in [3.05, 3.63) is 29.0 Å². The zero-order valence-electron chi connectivity index (χ0n) is 8.43. The van der Waals surface area contributed by atoms with Gasteiger partial charge in [-0.15, -0.1) is 0 Å². The molecule has 1 aromatic carbocycles. The first kappa shape index (κ1) is 12.0. The smallest absolute Gasteiger partial charge is 0.311 e. The summed E-state index contributed by atoms with van der Waals surface area (Å²) >= 11 is 5.49. The van der Waals surface area contributed by atoms with Gasteiger partial charge >= 0.3 is 5.97 Å². The van der Waals surface area contributed by atoms with Gasteiger partial charge in [0.05, 0.1) is 5.02 Å². The second-order valence-corrected chi connectivity index (χ2v) is 3.56. The van der Waals surface area contributed by atoms with Crippen LogP contribution in [0.25, 0.3) is 0 Å². The van der Waals surface area contributed by atoms with Crippen molar-refractivity contribution in [2.45, 2.75) is 26.2 Å². The summed E-state index contributed by atoms with van der Waals surface area (Å²) in [5.41, 5.74) is 0. The van der Waals surface area contributed by atoms with Crippen LogP contribution in [0.2, 0.25) is 5.02 Å². The second kappa shape index (κ2) is 5.71. The van der Waals surface area contributed by atoms with Gasteiger partial charge in [-0.1, -0.05) is 24.9 Å². The Kier molecular flexibility index (Phi) is 4.56. The van der Waals surface area contributed by atoms with E-state index in [-0.39, 0.29) is 16.7 Å². The fourth-order valence-electron chi connectivity index (χ4n) is 1.04. The van der Waals surface area contributed by atoms with Crippen LogP contribution >= 0.6 is 11.6 Å². The molecule has 15 heavy (non-hydrogen) atoms. The number of carbonyl (C=O) groups excluding carboxylic acids is 1. The maximum Gasteiger partial charge on any atom is 0.311 e. The average molecular weight is 231 g/mol. The van der Waals surface area contributed by atoms with Crippen molar-refractivity contribution in [1.82, 2.24) is 0 Å². The van der Waals surface area contributed by atoms with E-state index in [1.54, 1.807) is 0 Å². The number of benzene rings is 1. The molecule has 0 spiro atoms. The number of hydrogen-bond acceptors (Lipinski definition) is 2. The van der Waals surface area contributed by atoms with E-state index in [1.165, 1.54) is 12.1 Å². The maximum absolute atomic E-state index is 13.0. The average Bonchev–Trinajstić information content (AvgIpc) is 2.20. The van der Waals surface area contributed by atoms with E-state index in [0.717, 1.165) is 18.9 Å². The van der Waals surface area contributed by atoms with E-state index in [2.05, 4.69) is 0 Å². The van der Waals surface area contributed by atoms with Crippen molar-refractivity contribution in [2.75, 3.05) is 0 Å². The molecule has 0 fully saturated rings. The summed E-state index contributed by atoms with van der Waals surface area (Å²) in [4.78, 5) is 11.2. The Labute approximate surface area is 93.0 Å². The molecular formula is C11H12ClFO2. The summed E-state index contributed by atoms with van der Waals surface area (Å²) < 4.78 is 17.9. The Morgan fingerprint density at radius 2 is 2.27 bits per heavy atom. The molecule has 82 valence electrons. The predicted octanol–water partition coefficient (Wildman–Crippen LogP) is 3.57. The van der Waals surface area contributed by atoms with Gasteiger partial charge in [0.25, 0.3) is 0 Å². The summed E-state index contributed by atoms with van der Waals surface area (Å²) in [6, 6.07) is 3.93. The lowest BCUT2D eigenvalue weighted by Gasteiger charge is -2.04. The van der Waals surface area contributed by atoms with Crippen molar-refractivity contribution in [3.8, 4) is 5.75 Å². The highest BCUT2D eigenvalue weighted by Gasteiger charge is 2.06. The fraction of sp³-hybridized carbons (Fsp3) is 0.364. The summed E-state index contributed by atoms with van der Waals surface area (Å²) in [6.45, 7) is 1.98. The number of hydrogen-bond donors (Lipinski definition) is 0. The van der Waals surface area contributed by atoms with Crippen LogP contribution in [0.15, 0.2) is 18.2 Å². The molecule has 0 amide bonds. The number of unbranched alkanes of at least 4 members (excludes halogenated alkanes) is 1. The third-order valence-corrected chi connectivity index (χ3v) is 2.16. The van der Waals surface area contributed by atoms with E-state index in [1.807, 2.05) is 6.92 Å². The van der Waals surface area contributed by atoms with Crippen molar-refractivity contribution < 1.29 is 13.9 Å². The van der Waals surface area contributed by atoms with Crippen LogP contribution in [0, 0.1) is 5.82 Å². The van der Waals surface area contributed by atoms with Crippen LogP contribution in [0.5, 0.6) is 5.75 Å². The quantitative estimate of drug-likeness (QED) is 0.584. The third-order valence-electron chi connectivity index (χ3n) is 1.86. The van der Waals surface area contributed by atoms with Crippen LogP contribution in [0.4, 0.5) is 4.39 Å². The molecule has 1 aromatic rings. The monoisotopic (exact) mass is 230 g/mol. The van der Waals surface area contributed by atoms with Gasteiger partial charge < -0.3 is 4.74 Å². The molecule has 0 aliphatic carbocycles. The van der Waals surface area contributed by atoms with Crippen molar-refractivity contribution in [2.24, 2.45) is 0 Å². The highest BCUT2D eigenvalue weighted by Crippen LogP contribution is 2.20. The maximum atomic E-state index is 13.0. The molecule has 0 unspecified atom stereocenters. The standard InChI is InChI=1S/C11H12ClFO2/c1-2-3-4-11(14)15-8-5-6-9(12)10(13)7-8/h5-7H,2-4H2,1H3. The largest absolute Gasteiger partial charge is 0.426 e. The topological polar surface area (TPSA) is 26.3 Å². The Morgan fingerprint density at radius 1 is 1.53 bits per heavy atom. The van der Waals surface area contributed by atoms with Gasteiger partial charge in [-0.3, -0.25) is 4.79 Å². The van der Waals surface area contributed by atoms with E-state index < -0.39 is 5.82 Å². The van der Waals surface area contributed by atoms with E-state index >= 15 is 0 Å². The van der Waals surface area contributed by atoms with Crippen LogP contribution in [0.1, 0.15) is 26.2 Å². The number of esters is 1. The van der Waals surface area contributed by atoms with Crippen LogP contribution in [0.3, 0.4) is 0 Å². The highest BCUT2D eigenvalue weighted by molar-refractivity contribution is 6.30. The molecule has 0 atom stereocenters. The molecule has 0 saturated heterocycles. The minimum absolute atomic E-state index is 0.0170. The highest BCUT2D eigenvalue weighted by atomic mass is 35.5. The van der Waals surface area contributed by atoms with Crippen molar-refractivity contribution in [1.29, 1.82) is 0 Å². The minimum atomic E-state index is -0.586. The molecule has 1 rings (SSSR count). The second-order valence-electron chi connectivity index (χ2n) is 3.15. The van der Waals surface area contributed by atoms with Gasteiger partial charge in [0, 0.05) is 12.5 Å². The zero-order valence-corrected chi connectivity index (χ0v) is 9.18. The third kappa shape index (κ3) is 3.88. The molecule has 0 saturated carbocycles. The lowest BCUT2D eigenvalue weighted by Crippen LogP contribution is -2.07. The molecule has 0 heterocycles. The minimum Gasteiger partial charge on any atom is -0.426 e. The summed E-state index contributed by atoms with van der Waals surface area (Å²) in [7, 11) is 0. The first-order chi connectivity index (χ1) is 7.13. The van der Waals surface area contributed by atoms with Crippen LogP contribution in [-0.4, -0.2) is 5.97 Å². The number of halogens is 2. The first-order valence-electron chi connectivity index (χ1n) is 4.79. The van der Waals surface area contributed by atoms with Crippen molar-refractivity contribution in [3.63, 3.8) is 0 Å². The SMILES string of the molecule is CCCCC(=O)Oc1ccc(Cl)c(F)c1. The molecular weight excluding hydrogens is 219 g/mol. The molecule has 0 N–H and O–H groups in total. The van der Waals surface area contributed by atoms with Crippen LogP contribution < -0.4 is 4.74 Å². The van der Waals surface area contributed by atoms with Crippen LogP contribution in [-0.2, 0) is 4.79 Å². The Morgan fingerprint density at radius 3 is 2.87 bits per heavy atom. The van der Waals surface area contributed by atoms with Crippen molar-refractivity contribution >= 4 is 17.6 Å². The number of rotatable bonds is 4. The normalized spacial score (nSPS) is 10.1. The molecule has 4 heteroatoms.